The van der Waals surface area contributed by atoms with E-state index in [0.29, 0.717) is 23.4 Å². The summed E-state index contributed by atoms with van der Waals surface area (Å²) in [6, 6.07) is 5.20. The Labute approximate surface area is 110 Å². The van der Waals surface area contributed by atoms with Gasteiger partial charge in [0, 0.05) is 30.3 Å². The van der Waals surface area contributed by atoms with Gasteiger partial charge >= 0.3 is 0 Å². The van der Waals surface area contributed by atoms with Gasteiger partial charge in [-0.25, -0.2) is 0 Å². The van der Waals surface area contributed by atoms with Crippen molar-refractivity contribution in [1.29, 1.82) is 5.26 Å². The van der Waals surface area contributed by atoms with Crippen LogP contribution in [0.1, 0.15) is 17.5 Å². The minimum Gasteiger partial charge on any atom is -0.311 e. The molecule has 1 amide bonds. The van der Waals surface area contributed by atoms with Crippen molar-refractivity contribution in [2.24, 2.45) is 5.92 Å². The normalized spacial score (nSPS) is 18.5. The highest BCUT2D eigenvalue weighted by Crippen LogP contribution is 2.32. The second-order valence-corrected chi connectivity index (χ2v) is 4.72. The summed E-state index contributed by atoms with van der Waals surface area (Å²) < 4.78 is 0. The van der Waals surface area contributed by atoms with Crippen LogP contribution in [0.2, 0.25) is 0 Å². The molecular formula is C13H13N3O3. The zero-order valence-corrected chi connectivity index (χ0v) is 10.7. The van der Waals surface area contributed by atoms with Crippen LogP contribution in [-0.4, -0.2) is 17.4 Å². The molecule has 0 aliphatic carbocycles. The number of amides is 1. The van der Waals surface area contributed by atoms with Crippen LogP contribution >= 0.6 is 0 Å². The third-order valence-electron chi connectivity index (χ3n) is 3.31. The molecule has 0 N–H and O–H groups in total. The van der Waals surface area contributed by atoms with Crippen molar-refractivity contribution < 1.29 is 9.72 Å². The van der Waals surface area contributed by atoms with Gasteiger partial charge in [0.05, 0.1) is 16.9 Å². The van der Waals surface area contributed by atoms with Crippen LogP contribution in [0, 0.1) is 41.2 Å². The van der Waals surface area contributed by atoms with E-state index < -0.39 is 4.92 Å². The molecular weight excluding hydrogens is 246 g/mol. The molecule has 0 bridgehead atoms. The summed E-state index contributed by atoms with van der Waals surface area (Å²) >= 11 is 0. The third-order valence-corrected chi connectivity index (χ3v) is 3.31. The first-order valence-corrected chi connectivity index (χ1v) is 5.89. The standard InChI is InChI=1S/C13H13N3O3/c1-8-4-12(16(18)19)9(2)3-11(8)15-7-10(6-14)5-13(15)17/h3-4,10H,5,7H2,1-2H3. The Balaban J connectivity index is 2.42. The molecule has 1 aliphatic heterocycles. The highest BCUT2D eigenvalue weighted by Gasteiger charge is 2.32. The lowest BCUT2D eigenvalue weighted by atomic mass is 10.1. The van der Waals surface area contributed by atoms with Crippen molar-refractivity contribution in [2.75, 3.05) is 11.4 Å². The minimum absolute atomic E-state index is 0.0460. The first-order valence-electron chi connectivity index (χ1n) is 5.89. The number of carbonyl (C=O) groups excluding carboxylic acids is 1. The molecule has 1 unspecified atom stereocenters. The van der Waals surface area contributed by atoms with Crippen LogP contribution in [0.5, 0.6) is 0 Å². The van der Waals surface area contributed by atoms with Crippen molar-refractivity contribution in [3.63, 3.8) is 0 Å². The van der Waals surface area contributed by atoms with Gasteiger partial charge in [-0.1, -0.05) is 0 Å². The van der Waals surface area contributed by atoms with Crippen LogP contribution < -0.4 is 4.90 Å². The molecule has 1 aromatic rings. The Bertz CT molecular complexity index is 604. The lowest BCUT2D eigenvalue weighted by molar-refractivity contribution is -0.385. The highest BCUT2D eigenvalue weighted by molar-refractivity contribution is 5.97. The maximum absolute atomic E-state index is 11.9. The van der Waals surface area contributed by atoms with Gasteiger partial charge in [0.1, 0.15) is 0 Å². The average Bonchev–Trinajstić information content (AvgIpc) is 2.72. The van der Waals surface area contributed by atoms with Crippen LogP contribution in [0.3, 0.4) is 0 Å². The van der Waals surface area contributed by atoms with E-state index in [2.05, 4.69) is 6.07 Å². The Kier molecular flexibility index (Phi) is 3.21. The van der Waals surface area contributed by atoms with Crippen LogP contribution in [-0.2, 0) is 4.79 Å². The van der Waals surface area contributed by atoms with E-state index in [1.165, 1.54) is 6.07 Å². The maximum Gasteiger partial charge on any atom is 0.272 e. The number of rotatable bonds is 2. The molecule has 1 saturated heterocycles. The van der Waals surface area contributed by atoms with Gasteiger partial charge in [0.15, 0.2) is 0 Å². The van der Waals surface area contributed by atoms with Gasteiger partial charge in [-0.3, -0.25) is 14.9 Å². The van der Waals surface area contributed by atoms with Crippen LogP contribution in [0.25, 0.3) is 0 Å². The SMILES string of the molecule is Cc1cc([N+](=O)[O-])c(C)cc1N1CC(C#N)CC1=O. The number of hydrogen-bond donors (Lipinski definition) is 0. The van der Waals surface area contributed by atoms with E-state index in [1.807, 2.05) is 0 Å². The molecule has 0 aromatic heterocycles. The van der Waals surface area contributed by atoms with Crippen molar-refractivity contribution in [1.82, 2.24) is 0 Å². The van der Waals surface area contributed by atoms with Crippen molar-refractivity contribution in [3.05, 3.63) is 33.4 Å². The monoisotopic (exact) mass is 259 g/mol. The second-order valence-electron chi connectivity index (χ2n) is 4.72. The molecule has 1 aliphatic rings. The lowest BCUT2D eigenvalue weighted by Crippen LogP contribution is -2.25. The van der Waals surface area contributed by atoms with E-state index in [0.717, 1.165) is 0 Å². The molecule has 19 heavy (non-hydrogen) atoms. The minimum atomic E-state index is -0.435. The topological polar surface area (TPSA) is 87.2 Å². The number of carbonyl (C=O) groups is 1. The summed E-state index contributed by atoms with van der Waals surface area (Å²) in [4.78, 5) is 23.8. The first kappa shape index (κ1) is 13.0. The largest absolute Gasteiger partial charge is 0.311 e. The van der Waals surface area contributed by atoms with E-state index in [1.54, 1.807) is 24.8 Å². The predicted octanol–water partition coefficient (Wildman–Crippen LogP) is 2.09. The molecule has 0 radical (unpaired) electrons. The molecule has 0 spiro atoms. The van der Waals surface area contributed by atoms with Gasteiger partial charge in [-0.05, 0) is 25.5 Å². The molecule has 1 fully saturated rings. The molecule has 98 valence electrons. The number of anilines is 1. The molecule has 1 aromatic carbocycles. The fourth-order valence-corrected chi connectivity index (χ4v) is 2.30. The summed E-state index contributed by atoms with van der Waals surface area (Å²) in [5.74, 6) is -0.412. The zero-order valence-electron chi connectivity index (χ0n) is 10.7. The molecule has 2 rings (SSSR count). The number of nitro benzene ring substituents is 1. The number of nitrogens with zero attached hydrogens (tertiary/aromatic N) is 3. The molecule has 6 nitrogen and oxygen atoms in total. The number of hydrogen-bond acceptors (Lipinski definition) is 4. The summed E-state index contributed by atoms with van der Waals surface area (Å²) in [6.45, 7) is 3.73. The van der Waals surface area contributed by atoms with Gasteiger partial charge in [0.2, 0.25) is 5.91 Å². The summed E-state index contributed by atoms with van der Waals surface area (Å²) in [7, 11) is 0. The van der Waals surface area contributed by atoms with E-state index in [9.17, 15) is 14.9 Å². The Morgan fingerprint density at radius 2 is 2.11 bits per heavy atom. The summed E-state index contributed by atoms with van der Waals surface area (Å²) in [6.07, 6.45) is 0.214. The number of nitro groups is 1. The fourth-order valence-electron chi connectivity index (χ4n) is 2.30. The van der Waals surface area contributed by atoms with Gasteiger partial charge < -0.3 is 4.90 Å². The molecule has 6 heteroatoms. The van der Waals surface area contributed by atoms with Crippen molar-refractivity contribution >= 4 is 17.3 Å². The number of nitriles is 1. The lowest BCUT2D eigenvalue weighted by Gasteiger charge is -2.19. The summed E-state index contributed by atoms with van der Waals surface area (Å²) in [5, 5.41) is 19.7. The van der Waals surface area contributed by atoms with Crippen molar-refractivity contribution in [3.8, 4) is 6.07 Å². The van der Waals surface area contributed by atoms with E-state index in [-0.39, 0.29) is 23.9 Å². The smallest absolute Gasteiger partial charge is 0.272 e. The Morgan fingerprint density at radius 3 is 2.63 bits per heavy atom. The second kappa shape index (κ2) is 4.69. The van der Waals surface area contributed by atoms with E-state index in [4.69, 9.17) is 5.26 Å². The zero-order chi connectivity index (χ0) is 14.2. The number of benzene rings is 1. The Morgan fingerprint density at radius 1 is 1.42 bits per heavy atom. The quantitative estimate of drug-likeness (QED) is 0.601. The fraction of sp³-hybridized carbons (Fsp3) is 0.385. The van der Waals surface area contributed by atoms with E-state index >= 15 is 0 Å². The number of aryl methyl sites for hydroxylation is 2. The maximum atomic E-state index is 11.9. The van der Waals surface area contributed by atoms with Gasteiger partial charge in [-0.15, -0.1) is 0 Å². The van der Waals surface area contributed by atoms with Crippen LogP contribution in [0.15, 0.2) is 12.1 Å². The predicted molar refractivity (Wildman–Crippen MR) is 68.6 cm³/mol. The van der Waals surface area contributed by atoms with Gasteiger partial charge in [0.25, 0.3) is 5.69 Å². The average molecular weight is 259 g/mol. The van der Waals surface area contributed by atoms with Crippen molar-refractivity contribution in [2.45, 2.75) is 20.3 Å². The third kappa shape index (κ3) is 2.27. The summed E-state index contributed by atoms with van der Waals surface area (Å²) in [5.41, 5.74) is 1.89. The highest BCUT2D eigenvalue weighted by atomic mass is 16.6. The molecule has 0 saturated carbocycles. The van der Waals surface area contributed by atoms with Gasteiger partial charge in [-0.2, -0.15) is 5.26 Å². The Hall–Kier alpha value is -2.42. The first-order chi connectivity index (χ1) is 8.93. The van der Waals surface area contributed by atoms with Crippen LogP contribution in [0.4, 0.5) is 11.4 Å². The molecule has 1 atom stereocenters. The molecule has 1 heterocycles.